The fourth-order valence-corrected chi connectivity index (χ4v) is 0.797. The summed E-state index contributed by atoms with van der Waals surface area (Å²) >= 11 is 0. The summed E-state index contributed by atoms with van der Waals surface area (Å²) in [7, 11) is 0. The van der Waals surface area contributed by atoms with Crippen LogP contribution in [0, 0.1) is 10.1 Å². The monoisotopic (exact) mass is 185 g/mol. The van der Waals surface area contributed by atoms with Crippen molar-refractivity contribution in [3.8, 4) is 0 Å². The van der Waals surface area contributed by atoms with Crippen LogP contribution < -0.4 is 11.3 Å². The Labute approximate surface area is 72.5 Å². The molecule has 0 bridgehead atoms. The van der Waals surface area contributed by atoms with Crippen LogP contribution in [0.1, 0.15) is 0 Å². The molecule has 0 aliphatic rings. The average molecular weight is 185 g/mol. The van der Waals surface area contributed by atoms with Crippen molar-refractivity contribution in [2.75, 3.05) is 0 Å². The summed E-state index contributed by atoms with van der Waals surface area (Å²) in [6.45, 7) is -0.215. The lowest BCUT2D eigenvalue weighted by Crippen LogP contribution is -2.33. The molecule has 0 atom stereocenters. The minimum absolute atomic E-state index is 0.215. The molecule has 0 aliphatic heterocycles. The van der Waals surface area contributed by atoms with E-state index in [1.54, 1.807) is 0 Å². The summed E-state index contributed by atoms with van der Waals surface area (Å²) in [6.07, 6.45) is 2.56. The number of amides is 1. The second-order valence-corrected chi connectivity index (χ2v) is 2.18. The van der Waals surface area contributed by atoms with Gasteiger partial charge in [-0.05, 0) is 4.92 Å². The number of hydrogen-bond acceptors (Lipinski definition) is 5. The van der Waals surface area contributed by atoms with Crippen molar-refractivity contribution in [1.29, 1.82) is 0 Å². The molecule has 1 heterocycles. The molecule has 0 radical (unpaired) electrons. The largest absolute Gasteiger partial charge is 0.435 e. The standard InChI is InChI=1S/C5H7N5O3/c6-8-4(11)3-9-2-1-7-5(9)10(12)13/h1-2H,3,6H2,(H,8,11). The van der Waals surface area contributed by atoms with E-state index >= 15 is 0 Å². The zero-order valence-electron chi connectivity index (χ0n) is 6.51. The van der Waals surface area contributed by atoms with E-state index in [1.165, 1.54) is 12.4 Å². The maximum atomic E-state index is 10.7. The van der Waals surface area contributed by atoms with Crippen LogP contribution in [0.2, 0.25) is 0 Å². The van der Waals surface area contributed by atoms with Crippen LogP contribution in [0.5, 0.6) is 0 Å². The summed E-state index contributed by atoms with van der Waals surface area (Å²) in [5.74, 6) is 3.90. The molecule has 70 valence electrons. The third-order valence-corrected chi connectivity index (χ3v) is 1.33. The summed E-state index contributed by atoms with van der Waals surface area (Å²) in [5.41, 5.74) is 1.86. The SMILES string of the molecule is NNC(=O)Cn1ccnc1[N+](=O)[O-]. The Kier molecular flexibility index (Phi) is 2.55. The molecule has 3 N–H and O–H groups in total. The van der Waals surface area contributed by atoms with Crippen LogP contribution in [-0.2, 0) is 11.3 Å². The minimum atomic E-state index is -0.677. The molecule has 0 saturated carbocycles. The zero-order valence-corrected chi connectivity index (χ0v) is 6.51. The first kappa shape index (κ1) is 9.13. The molecule has 1 amide bonds. The van der Waals surface area contributed by atoms with Gasteiger partial charge in [0.2, 0.25) is 0 Å². The van der Waals surface area contributed by atoms with E-state index in [0.29, 0.717) is 0 Å². The molecule has 0 spiro atoms. The number of nitrogens with one attached hydrogen (secondary N) is 1. The second-order valence-electron chi connectivity index (χ2n) is 2.18. The van der Waals surface area contributed by atoms with Crippen molar-refractivity contribution in [3.05, 3.63) is 22.5 Å². The normalized spacial score (nSPS) is 9.62. The van der Waals surface area contributed by atoms with Crippen molar-refractivity contribution in [2.24, 2.45) is 5.84 Å². The van der Waals surface area contributed by atoms with Crippen molar-refractivity contribution in [1.82, 2.24) is 15.0 Å². The number of hydrogen-bond donors (Lipinski definition) is 2. The second kappa shape index (κ2) is 3.63. The predicted octanol–water partition coefficient (Wildman–Crippen LogP) is -1.22. The van der Waals surface area contributed by atoms with E-state index < -0.39 is 10.8 Å². The fraction of sp³-hybridized carbons (Fsp3) is 0.200. The molecule has 0 aliphatic carbocycles. The fourth-order valence-electron chi connectivity index (χ4n) is 0.797. The van der Waals surface area contributed by atoms with E-state index in [2.05, 4.69) is 4.98 Å². The lowest BCUT2D eigenvalue weighted by Gasteiger charge is -1.99. The summed E-state index contributed by atoms with van der Waals surface area (Å²) in [5, 5.41) is 10.3. The number of rotatable bonds is 3. The van der Waals surface area contributed by atoms with Gasteiger partial charge in [-0.25, -0.2) is 10.4 Å². The van der Waals surface area contributed by atoms with Crippen LogP contribution in [0.25, 0.3) is 0 Å². The Hall–Kier alpha value is -1.96. The van der Waals surface area contributed by atoms with Gasteiger partial charge < -0.3 is 10.1 Å². The van der Waals surface area contributed by atoms with Gasteiger partial charge in [0.15, 0.2) is 6.54 Å². The van der Waals surface area contributed by atoms with Crippen molar-refractivity contribution in [3.63, 3.8) is 0 Å². The predicted molar refractivity (Wildman–Crippen MR) is 41.2 cm³/mol. The minimum Gasteiger partial charge on any atom is -0.390 e. The van der Waals surface area contributed by atoms with Crippen molar-refractivity contribution < 1.29 is 9.72 Å². The molecule has 1 rings (SSSR count). The Balaban J connectivity index is 2.82. The quantitative estimate of drug-likeness (QED) is 0.265. The smallest absolute Gasteiger partial charge is 0.390 e. The Morgan fingerprint density at radius 1 is 1.85 bits per heavy atom. The highest BCUT2D eigenvalue weighted by atomic mass is 16.6. The molecule has 0 fully saturated rings. The van der Waals surface area contributed by atoms with Gasteiger partial charge in [0.1, 0.15) is 12.4 Å². The topological polar surface area (TPSA) is 116 Å². The highest BCUT2D eigenvalue weighted by molar-refractivity contribution is 5.75. The first-order valence-corrected chi connectivity index (χ1v) is 3.30. The molecule has 0 unspecified atom stereocenters. The number of nitrogens with zero attached hydrogens (tertiary/aromatic N) is 3. The number of nitro groups is 1. The van der Waals surface area contributed by atoms with Gasteiger partial charge in [-0.3, -0.25) is 10.2 Å². The van der Waals surface area contributed by atoms with E-state index in [4.69, 9.17) is 5.84 Å². The van der Waals surface area contributed by atoms with Crippen molar-refractivity contribution in [2.45, 2.75) is 6.54 Å². The number of carbonyl (C=O) groups excluding carboxylic acids is 1. The van der Waals surface area contributed by atoms with Crippen LogP contribution in [0.4, 0.5) is 5.95 Å². The van der Waals surface area contributed by atoms with Crippen LogP contribution in [0.15, 0.2) is 12.4 Å². The van der Waals surface area contributed by atoms with Crippen molar-refractivity contribution >= 4 is 11.9 Å². The molecule has 8 nitrogen and oxygen atoms in total. The summed E-state index contributed by atoms with van der Waals surface area (Å²) in [6, 6.07) is 0. The molecule has 1 aromatic rings. The Bertz CT molecular complexity index is 333. The number of imidazole rings is 1. The molecule has 8 heteroatoms. The molecule has 0 aromatic carbocycles. The highest BCUT2D eigenvalue weighted by Crippen LogP contribution is 2.06. The highest BCUT2D eigenvalue weighted by Gasteiger charge is 2.15. The first-order valence-electron chi connectivity index (χ1n) is 3.30. The lowest BCUT2D eigenvalue weighted by atomic mass is 10.6. The third kappa shape index (κ3) is 1.99. The van der Waals surface area contributed by atoms with Gasteiger partial charge in [0, 0.05) is 0 Å². The van der Waals surface area contributed by atoms with Gasteiger partial charge in [-0.1, -0.05) is 4.98 Å². The maximum Gasteiger partial charge on any atom is 0.435 e. The van der Waals surface area contributed by atoms with Gasteiger partial charge >= 0.3 is 5.95 Å². The number of hydrazine groups is 1. The number of carbonyl (C=O) groups is 1. The Morgan fingerprint density at radius 2 is 2.54 bits per heavy atom. The van der Waals surface area contributed by atoms with Gasteiger partial charge in [0.25, 0.3) is 5.91 Å². The number of aromatic nitrogens is 2. The van der Waals surface area contributed by atoms with Gasteiger partial charge in [-0.2, -0.15) is 0 Å². The van der Waals surface area contributed by atoms with Crippen LogP contribution in [0.3, 0.4) is 0 Å². The molecule has 13 heavy (non-hydrogen) atoms. The Morgan fingerprint density at radius 3 is 3.08 bits per heavy atom. The summed E-state index contributed by atoms with van der Waals surface area (Å²) < 4.78 is 1.09. The zero-order chi connectivity index (χ0) is 9.84. The first-order chi connectivity index (χ1) is 6.15. The van der Waals surface area contributed by atoms with E-state index in [-0.39, 0.29) is 12.5 Å². The maximum absolute atomic E-state index is 10.7. The molecular formula is C5H7N5O3. The van der Waals surface area contributed by atoms with E-state index in [1.807, 2.05) is 5.43 Å². The molecule has 1 aromatic heterocycles. The molecule has 0 saturated heterocycles. The third-order valence-electron chi connectivity index (χ3n) is 1.33. The summed E-state index contributed by atoms with van der Waals surface area (Å²) in [4.78, 5) is 23.8. The lowest BCUT2D eigenvalue weighted by molar-refractivity contribution is -0.396. The van der Waals surface area contributed by atoms with E-state index in [9.17, 15) is 14.9 Å². The number of nitrogens with two attached hydrogens (primary N) is 1. The van der Waals surface area contributed by atoms with Crippen LogP contribution >= 0.6 is 0 Å². The van der Waals surface area contributed by atoms with Gasteiger partial charge in [-0.15, -0.1) is 0 Å². The molecular weight excluding hydrogens is 178 g/mol. The van der Waals surface area contributed by atoms with E-state index in [0.717, 1.165) is 4.57 Å². The average Bonchev–Trinajstić information content (AvgIpc) is 2.52. The van der Waals surface area contributed by atoms with Gasteiger partial charge in [0.05, 0.1) is 0 Å². The van der Waals surface area contributed by atoms with Crippen LogP contribution in [-0.4, -0.2) is 20.4 Å².